The van der Waals surface area contributed by atoms with Crippen molar-refractivity contribution in [2.24, 2.45) is 0 Å². The standard InChI is InChI=1S/C15H15Cl2NO/c16-13-6-5-11(9-14(13)17)10-19-8-7-12-3-1-2-4-15(12)18/h1-6,9H,7-8,10,18H2. The molecule has 0 heterocycles. The van der Waals surface area contributed by atoms with Crippen LogP contribution in [0.4, 0.5) is 5.69 Å². The Hall–Kier alpha value is -1.22. The van der Waals surface area contributed by atoms with Crippen LogP contribution < -0.4 is 5.73 Å². The molecule has 19 heavy (non-hydrogen) atoms. The van der Waals surface area contributed by atoms with Gasteiger partial charge in [0.2, 0.25) is 0 Å². The molecule has 0 aliphatic rings. The fourth-order valence-corrected chi connectivity index (χ4v) is 2.08. The van der Waals surface area contributed by atoms with E-state index < -0.39 is 0 Å². The van der Waals surface area contributed by atoms with Crippen LogP contribution in [-0.2, 0) is 17.8 Å². The van der Waals surface area contributed by atoms with Crippen molar-refractivity contribution in [1.29, 1.82) is 0 Å². The molecule has 0 bridgehead atoms. The van der Waals surface area contributed by atoms with E-state index in [2.05, 4.69) is 0 Å². The van der Waals surface area contributed by atoms with Gasteiger partial charge in [-0.2, -0.15) is 0 Å². The second-order valence-electron chi connectivity index (χ2n) is 4.25. The smallest absolute Gasteiger partial charge is 0.0717 e. The lowest BCUT2D eigenvalue weighted by molar-refractivity contribution is 0.124. The predicted molar refractivity (Wildman–Crippen MR) is 80.7 cm³/mol. The van der Waals surface area contributed by atoms with Crippen LogP contribution in [-0.4, -0.2) is 6.61 Å². The first-order chi connectivity index (χ1) is 9.16. The summed E-state index contributed by atoms with van der Waals surface area (Å²) >= 11 is 11.8. The third kappa shape index (κ3) is 4.13. The molecule has 0 aromatic heterocycles. The molecule has 2 aromatic carbocycles. The quantitative estimate of drug-likeness (QED) is 0.658. The lowest BCUT2D eigenvalue weighted by Gasteiger charge is -2.07. The minimum Gasteiger partial charge on any atom is -0.399 e. The van der Waals surface area contributed by atoms with Crippen LogP contribution in [0.1, 0.15) is 11.1 Å². The van der Waals surface area contributed by atoms with E-state index in [0.29, 0.717) is 23.3 Å². The van der Waals surface area contributed by atoms with Gasteiger partial charge in [-0.05, 0) is 35.7 Å². The largest absolute Gasteiger partial charge is 0.399 e. The van der Waals surface area contributed by atoms with Crippen molar-refractivity contribution >= 4 is 28.9 Å². The molecule has 2 aromatic rings. The number of benzene rings is 2. The van der Waals surface area contributed by atoms with Gasteiger partial charge in [0.05, 0.1) is 23.3 Å². The van der Waals surface area contributed by atoms with Crippen molar-refractivity contribution in [1.82, 2.24) is 0 Å². The third-order valence-electron chi connectivity index (χ3n) is 2.82. The second kappa shape index (κ2) is 6.80. The van der Waals surface area contributed by atoms with E-state index in [1.807, 2.05) is 36.4 Å². The summed E-state index contributed by atoms with van der Waals surface area (Å²) in [6.45, 7) is 1.14. The van der Waals surface area contributed by atoms with E-state index in [9.17, 15) is 0 Å². The molecule has 0 spiro atoms. The number of hydrogen-bond donors (Lipinski definition) is 1. The maximum absolute atomic E-state index is 5.94. The Morgan fingerprint density at radius 3 is 2.53 bits per heavy atom. The fourth-order valence-electron chi connectivity index (χ4n) is 1.76. The number of hydrogen-bond acceptors (Lipinski definition) is 2. The van der Waals surface area contributed by atoms with Crippen LogP contribution in [0.25, 0.3) is 0 Å². The molecule has 2 rings (SSSR count). The summed E-state index contributed by atoms with van der Waals surface area (Å²) in [4.78, 5) is 0. The normalized spacial score (nSPS) is 10.6. The minimum absolute atomic E-state index is 0.517. The topological polar surface area (TPSA) is 35.2 Å². The number of halogens is 2. The molecule has 0 amide bonds. The number of rotatable bonds is 5. The van der Waals surface area contributed by atoms with Gasteiger partial charge in [0.1, 0.15) is 0 Å². The van der Waals surface area contributed by atoms with Gasteiger partial charge in [-0.3, -0.25) is 0 Å². The summed E-state index contributed by atoms with van der Waals surface area (Å²) in [6, 6.07) is 13.3. The van der Waals surface area contributed by atoms with Crippen LogP contribution in [0.15, 0.2) is 42.5 Å². The van der Waals surface area contributed by atoms with E-state index in [0.717, 1.165) is 23.2 Å². The van der Waals surface area contributed by atoms with Crippen LogP contribution in [0.5, 0.6) is 0 Å². The van der Waals surface area contributed by atoms with Crippen molar-refractivity contribution in [3.8, 4) is 0 Å². The summed E-state index contributed by atoms with van der Waals surface area (Å²) < 4.78 is 5.62. The number of nitrogen functional groups attached to an aromatic ring is 1. The van der Waals surface area contributed by atoms with Crippen LogP contribution >= 0.6 is 23.2 Å². The Labute approximate surface area is 123 Å². The molecular weight excluding hydrogens is 281 g/mol. The molecule has 100 valence electrons. The van der Waals surface area contributed by atoms with Crippen molar-refractivity contribution in [2.75, 3.05) is 12.3 Å². The van der Waals surface area contributed by atoms with Crippen molar-refractivity contribution in [3.63, 3.8) is 0 Å². The molecule has 0 saturated heterocycles. The van der Waals surface area contributed by atoms with Gasteiger partial charge in [-0.1, -0.05) is 47.5 Å². The summed E-state index contributed by atoms with van der Waals surface area (Å²) in [7, 11) is 0. The summed E-state index contributed by atoms with van der Waals surface area (Å²) in [6.07, 6.45) is 0.800. The zero-order valence-corrected chi connectivity index (χ0v) is 11.9. The fraction of sp³-hybridized carbons (Fsp3) is 0.200. The molecule has 0 atom stereocenters. The average molecular weight is 296 g/mol. The average Bonchev–Trinajstić information content (AvgIpc) is 2.40. The predicted octanol–water partition coefficient (Wildman–Crippen LogP) is 4.33. The van der Waals surface area contributed by atoms with Crippen LogP contribution in [0.3, 0.4) is 0 Å². The van der Waals surface area contributed by atoms with Crippen LogP contribution in [0, 0.1) is 0 Å². The zero-order chi connectivity index (χ0) is 13.7. The van der Waals surface area contributed by atoms with Gasteiger partial charge in [-0.15, -0.1) is 0 Å². The number of nitrogens with two attached hydrogens (primary N) is 1. The second-order valence-corrected chi connectivity index (χ2v) is 5.06. The lowest BCUT2D eigenvalue weighted by atomic mass is 10.1. The molecule has 0 saturated carbocycles. The monoisotopic (exact) mass is 295 g/mol. The highest BCUT2D eigenvalue weighted by Gasteiger charge is 2.01. The molecule has 0 unspecified atom stereocenters. The highest BCUT2D eigenvalue weighted by molar-refractivity contribution is 6.42. The number of ether oxygens (including phenoxy) is 1. The van der Waals surface area contributed by atoms with Crippen LogP contribution in [0.2, 0.25) is 10.0 Å². The molecule has 2 nitrogen and oxygen atoms in total. The Morgan fingerprint density at radius 2 is 1.79 bits per heavy atom. The maximum Gasteiger partial charge on any atom is 0.0717 e. The van der Waals surface area contributed by atoms with Gasteiger partial charge >= 0.3 is 0 Å². The third-order valence-corrected chi connectivity index (χ3v) is 3.56. The number of anilines is 1. The first kappa shape index (κ1) is 14.2. The molecular formula is C15H15Cl2NO. The molecule has 0 fully saturated rings. The Morgan fingerprint density at radius 1 is 1.00 bits per heavy atom. The minimum atomic E-state index is 0.517. The zero-order valence-electron chi connectivity index (χ0n) is 10.4. The van der Waals surface area contributed by atoms with Gasteiger partial charge < -0.3 is 10.5 Å². The van der Waals surface area contributed by atoms with Gasteiger partial charge in [0, 0.05) is 5.69 Å². The van der Waals surface area contributed by atoms with Crippen molar-refractivity contribution in [2.45, 2.75) is 13.0 Å². The van der Waals surface area contributed by atoms with Crippen molar-refractivity contribution in [3.05, 3.63) is 63.6 Å². The van der Waals surface area contributed by atoms with Gasteiger partial charge in [0.25, 0.3) is 0 Å². The first-order valence-corrected chi connectivity index (χ1v) is 6.77. The Kier molecular flexibility index (Phi) is 5.08. The lowest BCUT2D eigenvalue weighted by Crippen LogP contribution is -2.01. The van der Waals surface area contributed by atoms with Crippen molar-refractivity contribution < 1.29 is 4.74 Å². The van der Waals surface area contributed by atoms with E-state index in [-0.39, 0.29) is 0 Å². The molecule has 4 heteroatoms. The summed E-state index contributed by atoms with van der Waals surface area (Å²) in [5.74, 6) is 0. The summed E-state index contributed by atoms with van der Waals surface area (Å²) in [5, 5.41) is 1.11. The number of para-hydroxylation sites is 1. The highest BCUT2D eigenvalue weighted by Crippen LogP contribution is 2.22. The molecule has 0 radical (unpaired) electrons. The van der Waals surface area contributed by atoms with E-state index >= 15 is 0 Å². The molecule has 0 aliphatic carbocycles. The Balaban J connectivity index is 1.81. The van der Waals surface area contributed by atoms with E-state index in [4.69, 9.17) is 33.7 Å². The van der Waals surface area contributed by atoms with Gasteiger partial charge in [0.15, 0.2) is 0 Å². The summed E-state index contributed by atoms with van der Waals surface area (Å²) in [5.41, 5.74) is 8.79. The van der Waals surface area contributed by atoms with E-state index in [1.54, 1.807) is 6.07 Å². The maximum atomic E-state index is 5.94. The highest BCUT2D eigenvalue weighted by atomic mass is 35.5. The SMILES string of the molecule is Nc1ccccc1CCOCc1ccc(Cl)c(Cl)c1. The Bertz CT molecular complexity index is 558. The molecule has 2 N–H and O–H groups in total. The first-order valence-electron chi connectivity index (χ1n) is 6.02. The van der Waals surface area contributed by atoms with E-state index in [1.165, 1.54) is 0 Å². The van der Waals surface area contributed by atoms with Gasteiger partial charge in [-0.25, -0.2) is 0 Å². The molecule has 0 aliphatic heterocycles.